The second-order valence-corrected chi connectivity index (χ2v) is 6.24. The number of hydrogen-bond acceptors (Lipinski definition) is 4. The van der Waals surface area contributed by atoms with Crippen molar-refractivity contribution >= 4 is 35.8 Å². The van der Waals surface area contributed by atoms with Gasteiger partial charge in [-0.3, -0.25) is 0 Å². The highest BCUT2D eigenvalue weighted by Crippen LogP contribution is 2.18. The molecule has 1 aromatic heterocycles. The van der Waals surface area contributed by atoms with Crippen molar-refractivity contribution in [3.05, 3.63) is 23.9 Å². The average molecular weight is 475 g/mol. The maximum Gasteiger partial charge on any atom is 0.191 e. The molecule has 1 aromatic rings. The fraction of sp³-hybridized carbons (Fsp3) is 0.684. The van der Waals surface area contributed by atoms with Crippen LogP contribution in [0.15, 0.2) is 23.3 Å². The fourth-order valence-corrected chi connectivity index (χ4v) is 2.87. The molecule has 2 rings (SSSR count). The predicted molar refractivity (Wildman–Crippen MR) is 120 cm³/mol. The summed E-state index contributed by atoms with van der Waals surface area (Å²) in [5.41, 5.74) is 1.20. The molecule has 1 fully saturated rings. The number of unbranched alkanes of at least 4 members (excludes halogenated alkanes) is 1. The van der Waals surface area contributed by atoms with Crippen molar-refractivity contribution < 1.29 is 4.74 Å². The summed E-state index contributed by atoms with van der Waals surface area (Å²) in [5.74, 6) is 1.96. The Bertz CT molecular complexity index is 520. The van der Waals surface area contributed by atoms with Gasteiger partial charge in [-0.2, -0.15) is 0 Å². The van der Waals surface area contributed by atoms with Crippen LogP contribution >= 0.6 is 24.0 Å². The number of guanidine groups is 1. The van der Waals surface area contributed by atoms with Gasteiger partial charge >= 0.3 is 0 Å². The molecular formula is C19H34IN5O. The summed E-state index contributed by atoms with van der Waals surface area (Å²) < 4.78 is 5.36. The Kier molecular flexibility index (Phi) is 12.4. The summed E-state index contributed by atoms with van der Waals surface area (Å²) in [6, 6.07) is 4.22. The molecule has 0 amide bonds. The minimum absolute atomic E-state index is 0. The van der Waals surface area contributed by atoms with Gasteiger partial charge in [-0.15, -0.1) is 24.0 Å². The van der Waals surface area contributed by atoms with Crippen LogP contribution in [0.2, 0.25) is 0 Å². The Morgan fingerprint density at radius 3 is 2.77 bits per heavy atom. The second kappa shape index (κ2) is 14.0. The van der Waals surface area contributed by atoms with Crippen molar-refractivity contribution in [2.24, 2.45) is 4.99 Å². The monoisotopic (exact) mass is 475 g/mol. The molecule has 0 saturated carbocycles. The molecule has 6 nitrogen and oxygen atoms in total. The summed E-state index contributed by atoms with van der Waals surface area (Å²) in [5, 5.41) is 6.70. The smallest absolute Gasteiger partial charge is 0.191 e. The molecule has 26 heavy (non-hydrogen) atoms. The highest BCUT2D eigenvalue weighted by Gasteiger charge is 2.13. The van der Waals surface area contributed by atoms with E-state index in [0.717, 1.165) is 64.0 Å². The van der Waals surface area contributed by atoms with Crippen molar-refractivity contribution in [2.45, 2.75) is 46.1 Å². The number of aromatic nitrogens is 1. The molecule has 0 spiro atoms. The van der Waals surface area contributed by atoms with Gasteiger partial charge in [0.25, 0.3) is 0 Å². The van der Waals surface area contributed by atoms with Gasteiger partial charge in [0.2, 0.25) is 0 Å². The largest absolute Gasteiger partial charge is 0.382 e. The van der Waals surface area contributed by atoms with E-state index in [4.69, 9.17) is 9.73 Å². The van der Waals surface area contributed by atoms with Gasteiger partial charge in [-0.25, -0.2) is 9.98 Å². The molecule has 7 heteroatoms. The predicted octanol–water partition coefficient (Wildman–Crippen LogP) is 3.17. The maximum atomic E-state index is 5.36. The molecule has 2 heterocycles. The fourth-order valence-electron chi connectivity index (χ4n) is 2.87. The van der Waals surface area contributed by atoms with E-state index in [-0.39, 0.29) is 24.0 Å². The normalized spacial score (nSPS) is 14.2. The number of hydrogen-bond donors (Lipinski definition) is 2. The zero-order chi connectivity index (χ0) is 17.7. The van der Waals surface area contributed by atoms with Crippen LogP contribution in [0, 0.1) is 0 Å². The van der Waals surface area contributed by atoms with E-state index >= 15 is 0 Å². The number of halogens is 1. The van der Waals surface area contributed by atoms with Crippen LogP contribution in [0.5, 0.6) is 0 Å². The lowest BCUT2D eigenvalue weighted by molar-refractivity contribution is 0.143. The minimum atomic E-state index is 0. The first-order valence-electron chi connectivity index (χ1n) is 9.63. The average Bonchev–Trinajstić information content (AvgIpc) is 3.17. The Morgan fingerprint density at radius 2 is 2.04 bits per heavy atom. The summed E-state index contributed by atoms with van der Waals surface area (Å²) >= 11 is 0. The summed E-state index contributed by atoms with van der Waals surface area (Å²) in [7, 11) is 0. The zero-order valence-corrected chi connectivity index (χ0v) is 18.5. The highest BCUT2D eigenvalue weighted by molar-refractivity contribution is 14.0. The molecule has 148 valence electrons. The first-order chi connectivity index (χ1) is 12.3. The molecule has 2 N–H and O–H groups in total. The third-order valence-electron chi connectivity index (χ3n) is 4.22. The molecule has 0 radical (unpaired) electrons. The van der Waals surface area contributed by atoms with Gasteiger partial charge < -0.3 is 20.3 Å². The molecule has 0 atom stereocenters. The van der Waals surface area contributed by atoms with Crippen molar-refractivity contribution in [2.75, 3.05) is 44.3 Å². The Balaban J connectivity index is 0.00000338. The summed E-state index contributed by atoms with van der Waals surface area (Å²) in [6.07, 6.45) is 6.58. The maximum absolute atomic E-state index is 5.36. The Morgan fingerprint density at radius 1 is 1.23 bits per heavy atom. The van der Waals surface area contributed by atoms with Gasteiger partial charge in [0.1, 0.15) is 5.82 Å². The van der Waals surface area contributed by atoms with Crippen LogP contribution in [0.1, 0.15) is 45.1 Å². The number of anilines is 1. The van der Waals surface area contributed by atoms with Crippen molar-refractivity contribution in [3.8, 4) is 0 Å². The summed E-state index contributed by atoms with van der Waals surface area (Å²) in [4.78, 5) is 11.6. The third-order valence-corrected chi connectivity index (χ3v) is 4.22. The standard InChI is InChI=1S/C19H33N5O.HI/c1-3-20-19(22-10-5-8-14-25-4-2)23-16-17-9-11-21-18(15-17)24-12-6-7-13-24;/h9,11,15H,3-8,10,12-14,16H2,1-2H3,(H2,20,22,23);1H. The van der Waals surface area contributed by atoms with Crippen molar-refractivity contribution in [1.82, 2.24) is 15.6 Å². The number of rotatable bonds is 10. The first kappa shape index (κ1) is 23.0. The van der Waals surface area contributed by atoms with Crippen LogP contribution in [-0.2, 0) is 11.3 Å². The van der Waals surface area contributed by atoms with Crippen molar-refractivity contribution in [3.63, 3.8) is 0 Å². The van der Waals surface area contributed by atoms with E-state index in [1.165, 1.54) is 18.4 Å². The number of pyridine rings is 1. The highest BCUT2D eigenvalue weighted by atomic mass is 127. The van der Waals surface area contributed by atoms with E-state index < -0.39 is 0 Å². The quantitative estimate of drug-likeness (QED) is 0.236. The SMILES string of the molecule is CCNC(=NCc1ccnc(N2CCCC2)c1)NCCCCOCC.I. The minimum Gasteiger partial charge on any atom is -0.382 e. The van der Waals surface area contributed by atoms with Crippen LogP contribution in [0.25, 0.3) is 0 Å². The lowest BCUT2D eigenvalue weighted by atomic mass is 10.2. The summed E-state index contributed by atoms with van der Waals surface area (Å²) in [6.45, 7) is 10.4. The molecular weight excluding hydrogens is 441 g/mol. The number of nitrogens with one attached hydrogen (secondary N) is 2. The molecule has 0 bridgehead atoms. The molecule has 0 aromatic carbocycles. The van der Waals surface area contributed by atoms with Crippen molar-refractivity contribution in [1.29, 1.82) is 0 Å². The van der Waals surface area contributed by atoms with Gasteiger partial charge in [0.15, 0.2) is 5.96 Å². The number of aliphatic imine (C=N–C) groups is 1. The van der Waals surface area contributed by atoms with Crippen LogP contribution in [0.4, 0.5) is 5.82 Å². The molecule has 0 aliphatic carbocycles. The number of ether oxygens (including phenoxy) is 1. The Labute approximate surface area is 175 Å². The Hall–Kier alpha value is -1.09. The zero-order valence-electron chi connectivity index (χ0n) is 16.2. The van der Waals surface area contributed by atoms with Crippen LogP contribution in [-0.4, -0.2) is 50.3 Å². The third kappa shape index (κ3) is 8.53. The van der Waals surface area contributed by atoms with Gasteiger partial charge in [0.05, 0.1) is 6.54 Å². The van der Waals surface area contributed by atoms with E-state index in [2.05, 4.69) is 39.6 Å². The molecule has 1 aliphatic heterocycles. The lowest BCUT2D eigenvalue weighted by Crippen LogP contribution is -2.37. The second-order valence-electron chi connectivity index (χ2n) is 6.24. The van der Waals surface area contributed by atoms with Gasteiger partial charge in [-0.1, -0.05) is 0 Å². The van der Waals surface area contributed by atoms with E-state index in [9.17, 15) is 0 Å². The lowest BCUT2D eigenvalue weighted by Gasteiger charge is -2.16. The molecule has 1 aliphatic rings. The van der Waals surface area contributed by atoms with E-state index in [0.29, 0.717) is 6.54 Å². The van der Waals surface area contributed by atoms with E-state index in [1.807, 2.05) is 13.1 Å². The van der Waals surface area contributed by atoms with Gasteiger partial charge in [0, 0.05) is 45.6 Å². The van der Waals surface area contributed by atoms with Crippen LogP contribution in [0.3, 0.4) is 0 Å². The molecule has 1 saturated heterocycles. The van der Waals surface area contributed by atoms with Crippen LogP contribution < -0.4 is 15.5 Å². The first-order valence-corrected chi connectivity index (χ1v) is 9.63. The topological polar surface area (TPSA) is 61.8 Å². The number of nitrogens with zero attached hydrogens (tertiary/aromatic N) is 3. The van der Waals surface area contributed by atoms with E-state index in [1.54, 1.807) is 0 Å². The van der Waals surface area contributed by atoms with Gasteiger partial charge in [-0.05, 0) is 57.2 Å². The molecule has 0 unspecified atom stereocenters.